The Morgan fingerprint density at radius 3 is 2.73 bits per heavy atom. The first kappa shape index (κ1) is 10.1. The molecule has 0 aliphatic heterocycles. The number of benzene rings is 1. The highest BCUT2D eigenvalue weighted by molar-refractivity contribution is 7.05. The van der Waals surface area contributed by atoms with E-state index in [0.29, 0.717) is 4.88 Å². The third-order valence-electron chi connectivity index (χ3n) is 1.90. The van der Waals surface area contributed by atoms with Gasteiger partial charge in [-0.15, -0.1) is 5.10 Å². The van der Waals surface area contributed by atoms with Gasteiger partial charge in [-0.3, -0.25) is 0 Å². The van der Waals surface area contributed by atoms with Gasteiger partial charge in [0.1, 0.15) is 17.7 Å². The zero-order valence-electron chi connectivity index (χ0n) is 7.39. The lowest BCUT2D eigenvalue weighted by atomic mass is 10.1. The molecule has 3 nitrogen and oxygen atoms in total. The van der Waals surface area contributed by atoms with E-state index in [9.17, 15) is 13.9 Å². The molecule has 0 aliphatic carbocycles. The minimum Gasteiger partial charge on any atom is -0.383 e. The van der Waals surface area contributed by atoms with Crippen molar-refractivity contribution in [1.29, 1.82) is 0 Å². The molecule has 0 radical (unpaired) electrons. The number of hydrogen-bond donors (Lipinski definition) is 1. The number of aliphatic hydroxyl groups is 1. The summed E-state index contributed by atoms with van der Waals surface area (Å²) >= 11 is 0.967. The van der Waals surface area contributed by atoms with Gasteiger partial charge in [0.05, 0.1) is 11.1 Å². The van der Waals surface area contributed by atoms with E-state index >= 15 is 0 Å². The Morgan fingerprint density at radius 2 is 2.13 bits per heavy atom. The number of aromatic nitrogens is 2. The molecule has 0 spiro atoms. The molecule has 0 bridgehead atoms. The van der Waals surface area contributed by atoms with Crippen molar-refractivity contribution in [3.63, 3.8) is 0 Å². The van der Waals surface area contributed by atoms with Crippen molar-refractivity contribution >= 4 is 11.5 Å². The lowest BCUT2D eigenvalue weighted by Gasteiger charge is -2.08. The van der Waals surface area contributed by atoms with E-state index in [4.69, 9.17) is 0 Å². The molecular weight excluding hydrogens is 222 g/mol. The fourth-order valence-electron chi connectivity index (χ4n) is 1.17. The maximum Gasteiger partial charge on any atom is 0.132 e. The van der Waals surface area contributed by atoms with Crippen LogP contribution in [0.1, 0.15) is 16.5 Å². The number of halogens is 2. The summed E-state index contributed by atoms with van der Waals surface area (Å²) in [5.41, 5.74) is 0.0162. The normalized spacial score (nSPS) is 12.7. The number of hydrogen-bond acceptors (Lipinski definition) is 4. The van der Waals surface area contributed by atoms with Crippen LogP contribution in [0.4, 0.5) is 8.78 Å². The predicted molar refractivity (Wildman–Crippen MR) is 50.3 cm³/mol. The summed E-state index contributed by atoms with van der Waals surface area (Å²) in [5.74, 6) is -1.46. The van der Waals surface area contributed by atoms with Gasteiger partial charge in [0.25, 0.3) is 0 Å². The molecule has 2 aromatic rings. The Kier molecular flexibility index (Phi) is 2.70. The fourth-order valence-corrected chi connectivity index (χ4v) is 1.68. The van der Waals surface area contributed by atoms with Gasteiger partial charge in [-0.25, -0.2) is 8.78 Å². The van der Waals surface area contributed by atoms with E-state index in [2.05, 4.69) is 9.59 Å². The van der Waals surface area contributed by atoms with Crippen LogP contribution in [0.3, 0.4) is 0 Å². The van der Waals surface area contributed by atoms with Gasteiger partial charge in [0.15, 0.2) is 0 Å². The van der Waals surface area contributed by atoms with E-state index in [1.165, 1.54) is 12.3 Å². The molecule has 6 heteroatoms. The highest BCUT2D eigenvalue weighted by Gasteiger charge is 2.17. The quantitative estimate of drug-likeness (QED) is 0.853. The van der Waals surface area contributed by atoms with Crippen LogP contribution in [-0.4, -0.2) is 14.7 Å². The van der Waals surface area contributed by atoms with Crippen molar-refractivity contribution in [2.75, 3.05) is 0 Å². The maximum atomic E-state index is 13.3. The molecule has 0 aliphatic rings. The first-order chi connectivity index (χ1) is 7.18. The minimum atomic E-state index is -1.15. The molecule has 1 N–H and O–H groups in total. The zero-order valence-corrected chi connectivity index (χ0v) is 8.21. The second-order valence-electron chi connectivity index (χ2n) is 2.89. The lowest BCUT2D eigenvalue weighted by Crippen LogP contribution is -2.01. The van der Waals surface area contributed by atoms with Crippen LogP contribution in [0.2, 0.25) is 0 Å². The Bertz CT molecular complexity index is 461. The van der Waals surface area contributed by atoms with Crippen LogP contribution in [0.25, 0.3) is 0 Å². The average molecular weight is 228 g/mol. The Hall–Kier alpha value is -1.40. The zero-order chi connectivity index (χ0) is 10.8. The third-order valence-corrected chi connectivity index (χ3v) is 2.62. The Balaban J connectivity index is 2.38. The van der Waals surface area contributed by atoms with Crippen molar-refractivity contribution in [3.8, 4) is 0 Å². The number of rotatable bonds is 2. The first-order valence-electron chi connectivity index (χ1n) is 4.09. The van der Waals surface area contributed by atoms with Gasteiger partial charge in [-0.1, -0.05) is 10.6 Å². The summed E-state index contributed by atoms with van der Waals surface area (Å²) in [6.45, 7) is 0. The van der Waals surface area contributed by atoms with Gasteiger partial charge in [0.2, 0.25) is 0 Å². The highest BCUT2D eigenvalue weighted by Crippen LogP contribution is 2.25. The Labute approximate surface area is 88.2 Å². The molecule has 0 saturated heterocycles. The number of aliphatic hydroxyl groups excluding tert-OH is 1. The van der Waals surface area contributed by atoms with Crippen molar-refractivity contribution < 1.29 is 13.9 Å². The van der Waals surface area contributed by atoms with Gasteiger partial charge < -0.3 is 5.11 Å². The SMILES string of the molecule is OC(c1cnns1)c1ccc(F)cc1F. The molecule has 0 amide bonds. The summed E-state index contributed by atoms with van der Waals surface area (Å²) in [4.78, 5) is 0.417. The van der Waals surface area contributed by atoms with Gasteiger partial charge in [-0.2, -0.15) is 0 Å². The predicted octanol–water partition coefficient (Wildman–Crippen LogP) is 1.90. The van der Waals surface area contributed by atoms with Crippen LogP contribution in [0, 0.1) is 11.6 Å². The highest BCUT2D eigenvalue weighted by atomic mass is 32.1. The maximum absolute atomic E-state index is 13.3. The summed E-state index contributed by atoms with van der Waals surface area (Å²) in [7, 11) is 0. The molecule has 15 heavy (non-hydrogen) atoms. The standard InChI is InChI=1S/C9H6F2N2OS/c10-5-1-2-6(7(11)3-5)9(14)8-4-12-13-15-8/h1-4,9,14H. The van der Waals surface area contributed by atoms with E-state index in [1.807, 2.05) is 0 Å². The van der Waals surface area contributed by atoms with Gasteiger partial charge in [-0.05, 0) is 17.6 Å². The van der Waals surface area contributed by atoms with Crippen molar-refractivity contribution in [2.24, 2.45) is 0 Å². The van der Waals surface area contributed by atoms with E-state index in [1.54, 1.807) is 0 Å². The summed E-state index contributed by atoms with van der Waals surface area (Å²) in [6.07, 6.45) is 0.198. The van der Waals surface area contributed by atoms with E-state index < -0.39 is 17.7 Å². The van der Waals surface area contributed by atoms with E-state index in [0.717, 1.165) is 23.7 Å². The molecule has 2 rings (SSSR count). The van der Waals surface area contributed by atoms with Crippen LogP contribution in [0.15, 0.2) is 24.4 Å². The average Bonchev–Trinajstić information content (AvgIpc) is 2.69. The smallest absolute Gasteiger partial charge is 0.132 e. The molecule has 1 aromatic heterocycles. The fraction of sp³-hybridized carbons (Fsp3) is 0.111. The third kappa shape index (κ3) is 2.00. The molecular formula is C9H6F2N2OS. The molecule has 0 fully saturated rings. The molecule has 78 valence electrons. The van der Waals surface area contributed by atoms with Gasteiger partial charge >= 0.3 is 0 Å². The largest absolute Gasteiger partial charge is 0.383 e. The van der Waals surface area contributed by atoms with Crippen molar-refractivity contribution in [3.05, 3.63) is 46.5 Å². The molecule has 1 heterocycles. The van der Waals surface area contributed by atoms with Crippen LogP contribution >= 0.6 is 11.5 Å². The van der Waals surface area contributed by atoms with Crippen LogP contribution in [-0.2, 0) is 0 Å². The summed E-state index contributed by atoms with van der Waals surface area (Å²) in [6, 6.07) is 3.03. The van der Waals surface area contributed by atoms with Crippen LogP contribution < -0.4 is 0 Å². The van der Waals surface area contributed by atoms with E-state index in [-0.39, 0.29) is 5.56 Å². The summed E-state index contributed by atoms with van der Waals surface area (Å²) < 4.78 is 29.4. The minimum absolute atomic E-state index is 0.0162. The van der Waals surface area contributed by atoms with Crippen molar-refractivity contribution in [1.82, 2.24) is 9.59 Å². The van der Waals surface area contributed by atoms with Crippen molar-refractivity contribution in [2.45, 2.75) is 6.10 Å². The van der Waals surface area contributed by atoms with Crippen LogP contribution in [0.5, 0.6) is 0 Å². The molecule has 1 aromatic carbocycles. The second-order valence-corrected chi connectivity index (χ2v) is 3.71. The molecule has 1 atom stereocenters. The second kappa shape index (κ2) is 4.00. The Morgan fingerprint density at radius 1 is 1.33 bits per heavy atom. The monoisotopic (exact) mass is 228 g/mol. The molecule has 0 saturated carbocycles. The summed E-state index contributed by atoms with van der Waals surface area (Å²) in [5, 5.41) is 13.2. The topological polar surface area (TPSA) is 46.0 Å². The first-order valence-corrected chi connectivity index (χ1v) is 4.86. The molecule has 1 unspecified atom stereocenters. The van der Waals surface area contributed by atoms with Gasteiger partial charge in [0, 0.05) is 11.6 Å². The lowest BCUT2D eigenvalue weighted by molar-refractivity contribution is 0.218. The number of nitrogens with zero attached hydrogens (tertiary/aromatic N) is 2.